The van der Waals surface area contributed by atoms with Crippen LogP contribution in [0.4, 0.5) is 26.3 Å². The van der Waals surface area contributed by atoms with E-state index in [9.17, 15) is 45.5 Å². The molecule has 1 unspecified atom stereocenters. The average molecular weight is 620 g/mol. The molecule has 1 atom stereocenters. The number of thiophene rings is 1. The molecule has 2 aromatic heterocycles. The maximum Gasteiger partial charge on any atom is 0.397 e. The number of piperidine rings is 1. The van der Waals surface area contributed by atoms with E-state index in [0.717, 1.165) is 12.1 Å². The highest BCUT2D eigenvalue weighted by Crippen LogP contribution is 2.36. The van der Waals surface area contributed by atoms with Crippen LogP contribution in [0.3, 0.4) is 0 Å². The highest BCUT2D eigenvalue weighted by molar-refractivity contribution is 7.20. The fraction of sp³-hybridized carbons (Fsp3) is 0.481. The fourth-order valence-corrected chi connectivity index (χ4v) is 6.16. The van der Waals surface area contributed by atoms with Crippen LogP contribution in [0, 0.1) is 12.8 Å². The van der Waals surface area contributed by atoms with Gasteiger partial charge in [0.1, 0.15) is 9.71 Å². The van der Waals surface area contributed by atoms with Crippen molar-refractivity contribution in [3.05, 3.63) is 67.2 Å². The number of carbonyl (C=O) groups excluding carboxylic acids is 2. The summed E-state index contributed by atoms with van der Waals surface area (Å²) in [5, 5.41) is 2.74. The molecular weight excluding hydrogens is 592 g/mol. The van der Waals surface area contributed by atoms with Crippen LogP contribution in [0.1, 0.15) is 52.4 Å². The summed E-state index contributed by atoms with van der Waals surface area (Å²) in [4.78, 5) is 51.5. The number of aryl methyl sites for hydroxylation is 2. The number of esters is 2. The van der Waals surface area contributed by atoms with E-state index < -0.39 is 66.4 Å². The fourth-order valence-electron chi connectivity index (χ4n) is 4.96. The van der Waals surface area contributed by atoms with Crippen molar-refractivity contribution < 1.29 is 40.7 Å². The molecule has 15 heteroatoms. The third-order valence-electron chi connectivity index (χ3n) is 7.18. The van der Waals surface area contributed by atoms with E-state index in [1.807, 2.05) is 0 Å². The topological polar surface area (TPSA) is 99.4 Å². The van der Waals surface area contributed by atoms with E-state index in [-0.39, 0.29) is 37.7 Å². The van der Waals surface area contributed by atoms with E-state index in [2.05, 4.69) is 5.32 Å². The molecule has 0 aliphatic carbocycles. The second-order valence-electron chi connectivity index (χ2n) is 10.1. The van der Waals surface area contributed by atoms with Crippen molar-refractivity contribution in [2.45, 2.75) is 64.0 Å². The number of hydrogen-bond donors (Lipinski definition) is 1. The normalized spacial score (nSPS) is 15.6. The van der Waals surface area contributed by atoms with Gasteiger partial charge >= 0.3 is 30.0 Å². The molecule has 1 saturated heterocycles. The number of benzene rings is 1. The Labute approximate surface area is 238 Å². The van der Waals surface area contributed by atoms with Gasteiger partial charge in [0.05, 0.1) is 17.7 Å². The van der Waals surface area contributed by atoms with Crippen molar-refractivity contribution in [3.63, 3.8) is 0 Å². The van der Waals surface area contributed by atoms with Gasteiger partial charge in [0.25, 0.3) is 5.56 Å². The van der Waals surface area contributed by atoms with Crippen LogP contribution in [0.15, 0.2) is 39.9 Å². The Balaban J connectivity index is 1.78. The molecule has 0 spiro atoms. The smallest absolute Gasteiger partial charge is 0.389 e. The number of carbonyl (C=O) groups is 2. The van der Waals surface area contributed by atoms with Crippen LogP contribution < -0.4 is 16.6 Å². The predicted molar refractivity (Wildman–Crippen MR) is 142 cm³/mol. The van der Waals surface area contributed by atoms with Crippen molar-refractivity contribution >= 4 is 33.5 Å². The molecule has 0 radical (unpaired) electrons. The lowest BCUT2D eigenvalue weighted by Gasteiger charge is -2.22. The Hall–Kier alpha value is -3.46. The molecule has 1 aliphatic rings. The van der Waals surface area contributed by atoms with Gasteiger partial charge in [0.15, 0.2) is 0 Å². The molecule has 1 aromatic carbocycles. The van der Waals surface area contributed by atoms with E-state index in [0.29, 0.717) is 41.8 Å². The van der Waals surface area contributed by atoms with Gasteiger partial charge < -0.3 is 10.1 Å². The van der Waals surface area contributed by atoms with Gasteiger partial charge in [-0.25, -0.2) is 9.59 Å². The van der Waals surface area contributed by atoms with Crippen LogP contribution in [-0.4, -0.2) is 46.5 Å². The van der Waals surface area contributed by atoms with Crippen LogP contribution in [-0.2, 0) is 22.6 Å². The summed E-state index contributed by atoms with van der Waals surface area (Å²) in [6.45, 7) is 0.446. The minimum absolute atomic E-state index is 0.0130. The van der Waals surface area contributed by atoms with Crippen molar-refractivity contribution in [1.29, 1.82) is 0 Å². The highest BCUT2D eigenvalue weighted by atomic mass is 32.1. The SMILES string of the molecule is Cc1c(C(=O)OC(=O)CC2CCNCC2)sc2c1c(=O)n(CC(c1ccccc1)C(F)(F)F)c(=O)n2CCC(F)(F)F. The molecule has 4 rings (SSSR count). The molecule has 228 valence electrons. The lowest BCUT2D eigenvalue weighted by atomic mass is 9.95. The maximum atomic E-state index is 14.1. The average Bonchev–Trinajstić information content (AvgIpc) is 3.25. The Kier molecular flexibility index (Phi) is 9.30. The summed E-state index contributed by atoms with van der Waals surface area (Å²) in [5.41, 5.74) is -2.95. The summed E-state index contributed by atoms with van der Waals surface area (Å²) < 4.78 is 87.4. The van der Waals surface area contributed by atoms with Gasteiger partial charge in [0.2, 0.25) is 0 Å². The first-order valence-electron chi connectivity index (χ1n) is 13.1. The summed E-state index contributed by atoms with van der Waals surface area (Å²) in [7, 11) is 0. The maximum absolute atomic E-state index is 14.1. The van der Waals surface area contributed by atoms with Gasteiger partial charge in [0, 0.05) is 19.5 Å². The monoisotopic (exact) mass is 619 g/mol. The minimum Gasteiger partial charge on any atom is -0.389 e. The minimum atomic E-state index is -4.91. The van der Waals surface area contributed by atoms with E-state index in [1.54, 1.807) is 0 Å². The number of hydrogen-bond acceptors (Lipinski definition) is 7. The molecule has 0 saturated carbocycles. The van der Waals surface area contributed by atoms with Crippen LogP contribution >= 0.6 is 11.3 Å². The summed E-state index contributed by atoms with van der Waals surface area (Å²) >= 11 is 0.478. The number of alkyl halides is 6. The Morgan fingerprint density at radius 1 is 1.05 bits per heavy atom. The van der Waals surface area contributed by atoms with Crippen LogP contribution in [0.2, 0.25) is 0 Å². The third kappa shape index (κ3) is 7.12. The first-order chi connectivity index (χ1) is 19.7. The van der Waals surface area contributed by atoms with Crippen molar-refractivity contribution in [2.24, 2.45) is 5.92 Å². The number of halogens is 6. The number of aromatic nitrogens is 2. The number of ether oxygens (including phenoxy) is 1. The molecular formula is C27H27F6N3O5S. The first-order valence-corrected chi connectivity index (χ1v) is 13.9. The predicted octanol–water partition coefficient (Wildman–Crippen LogP) is 4.90. The van der Waals surface area contributed by atoms with E-state index in [4.69, 9.17) is 4.74 Å². The van der Waals surface area contributed by atoms with Gasteiger partial charge in [-0.3, -0.25) is 18.7 Å². The van der Waals surface area contributed by atoms with Crippen molar-refractivity contribution in [1.82, 2.24) is 14.5 Å². The molecule has 1 aliphatic heterocycles. The largest absolute Gasteiger partial charge is 0.397 e. The van der Waals surface area contributed by atoms with Gasteiger partial charge in [-0.15, -0.1) is 11.3 Å². The summed E-state index contributed by atoms with van der Waals surface area (Å²) in [6, 6.07) is 6.49. The lowest BCUT2D eigenvalue weighted by Crippen LogP contribution is -2.43. The van der Waals surface area contributed by atoms with Gasteiger partial charge in [-0.05, 0) is 49.9 Å². The molecule has 3 aromatic rings. The van der Waals surface area contributed by atoms with E-state index >= 15 is 0 Å². The molecule has 3 heterocycles. The Bertz CT molecular complexity index is 1570. The van der Waals surface area contributed by atoms with Gasteiger partial charge in [-0.1, -0.05) is 30.3 Å². The van der Waals surface area contributed by atoms with Crippen LogP contribution in [0.5, 0.6) is 0 Å². The zero-order valence-electron chi connectivity index (χ0n) is 22.3. The van der Waals surface area contributed by atoms with Crippen molar-refractivity contribution in [3.8, 4) is 0 Å². The second-order valence-corrected chi connectivity index (χ2v) is 11.1. The third-order valence-corrected chi connectivity index (χ3v) is 8.48. The molecule has 1 fully saturated rings. The molecule has 0 bridgehead atoms. The molecule has 0 amide bonds. The standard InChI is InChI=1S/C27H27F6N3O5S/c1-15-20-22(38)36(14-18(27(31,32)33)17-5-3-2-4-6-17)25(40)35(12-9-26(28,29)30)23(20)42-21(15)24(39)41-19(37)13-16-7-10-34-11-8-16/h2-6,16,18,34H,7-14H2,1H3. The number of nitrogens with zero attached hydrogens (tertiary/aromatic N) is 2. The first kappa shape index (κ1) is 31.5. The second kappa shape index (κ2) is 12.4. The zero-order valence-corrected chi connectivity index (χ0v) is 23.1. The molecule has 42 heavy (non-hydrogen) atoms. The highest BCUT2D eigenvalue weighted by Gasteiger charge is 2.42. The van der Waals surface area contributed by atoms with Crippen LogP contribution in [0.25, 0.3) is 10.2 Å². The number of nitrogens with one attached hydrogen (secondary N) is 1. The Morgan fingerprint density at radius 3 is 2.29 bits per heavy atom. The summed E-state index contributed by atoms with van der Waals surface area (Å²) in [5.74, 6) is -4.33. The lowest BCUT2D eigenvalue weighted by molar-refractivity contribution is -0.153. The van der Waals surface area contributed by atoms with Gasteiger partial charge in [-0.2, -0.15) is 26.3 Å². The van der Waals surface area contributed by atoms with E-state index in [1.165, 1.54) is 25.1 Å². The van der Waals surface area contributed by atoms with Crippen molar-refractivity contribution in [2.75, 3.05) is 13.1 Å². The molecule has 8 nitrogen and oxygen atoms in total. The number of fused-ring (bicyclic) bond motifs is 1. The Morgan fingerprint density at radius 2 is 1.69 bits per heavy atom. The quantitative estimate of drug-likeness (QED) is 0.219. The molecule has 1 N–H and O–H groups in total. The zero-order chi connectivity index (χ0) is 30.8. The number of rotatable bonds is 8. The summed E-state index contributed by atoms with van der Waals surface area (Å²) in [6.07, 6.45) is -9.82.